The van der Waals surface area contributed by atoms with Crippen molar-refractivity contribution in [2.24, 2.45) is 5.92 Å². The normalized spacial score (nSPS) is 24.4. The number of ether oxygens (including phenoxy) is 1. The number of amides is 2. The van der Waals surface area contributed by atoms with Crippen molar-refractivity contribution in [2.45, 2.75) is 50.8 Å². The number of hydrogen-bond donors (Lipinski definition) is 2. The first-order valence-electron chi connectivity index (χ1n) is 9.24. The summed E-state index contributed by atoms with van der Waals surface area (Å²) in [6, 6.07) is 4.76. The van der Waals surface area contributed by atoms with Crippen molar-refractivity contribution < 1.29 is 33.0 Å². The molecular weight excluding hydrogens is 374 g/mol. The molecule has 1 saturated heterocycles. The van der Waals surface area contributed by atoms with Gasteiger partial charge in [0.05, 0.1) is 11.5 Å². The van der Waals surface area contributed by atoms with Gasteiger partial charge in [-0.25, -0.2) is 0 Å². The lowest BCUT2D eigenvalue weighted by Crippen LogP contribution is -2.48. The Morgan fingerprint density at radius 1 is 1.18 bits per heavy atom. The minimum Gasteiger partial charge on any atom is -0.481 e. The molecule has 3 rings (SSSR count). The molecule has 1 aliphatic carbocycles. The Hall–Kier alpha value is -2.71. The van der Waals surface area contributed by atoms with Crippen LogP contribution >= 0.6 is 0 Å². The molecule has 0 bridgehead atoms. The lowest BCUT2D eigenvalue weighted by atomic mass is 10.1. The number of carbonyl (C=O) groups excluding carboxylic acids is 2. The van der Waals surface area contributed by atoms with Crippen LogP contribution in [0.25, 0.3) is 0 Å². The number of carboxylic acid groups (broad SMARTS) is 1. The van der Waals surface area contributed by atoms with Gasteiger partial charge in [-0.3, -0.25) is 14.4 Å². The van der Waals surface area contributed by atoms with Gasteiger partial charge < -0.3 is 20.1 Å². The Kier molecular flexibility index (Phi) is 6.11. The van der Waals surface area contributed by atoms with Gasteiger partial charge in [-0.1, -0.05) is 12.1 Å². The number of carbonyl (C=O) groups is 3. The van der Waals surface area contributed by atoms with Gasteiger partial charge in [-0.15, -0.1) is 0 Å². The van der Waals surface area contributed by atoms with Crippen molar-refractivity contribution in [1.29, 1.82) is 0 Å². The maximum atomic E-state index is 12.9. The predicted molar refractivity (Wildman–Crippen MR) is 94.0 cm³/mol. The number of hydrogen-bond acceptors (Lipinski definition) is 4. The van der Waals surface area contributed by atoms with E-state index in [1.807, 2.05) is 0 Å². The van der Waals surface area contributed by atoms with Crippen molar-refractivity contribution >= 4 is 17.8 Å². The molecule has 2 N–H and O–H groups in total. The number of aliphatic carboxylic acids is 1. The standard InChI is InChI=1S/C19H22F2N2O5/c20-19(21)28-15-6-2-1-4-13(15)17(25)23-9-3-5-14(23)16(24)22-12-8-7-11(10-12)18(26)27/h1-2,4,6,11-12,14,19H,3,5,7-10H2,(H,22,24)(H,26,27)/t11-,12+,14?/m0/s1. The van der Waals surface area contributed by atoms with Crippen LogP contribution in [0.5, 0.6) is 5.75 Å². The highest BCUT2D eigenvalue weighted by Gasteiger charge is 2.38. The molecule has 1 saturated carbocycles. The fourth-order valence-electron chi connectivity index (χ4n) is 3.91. The number of para-hydroxylation sites is 1. The number of rotatable bonds is 6. The van der Waals surface area contributed by atoms with Crippen LogP contribution in [-0.4, -0.2) is 53.0 Å². The molecule has 0 aromatic heterocycles. The highest BCUT2D eigenvalue weighted by atomic mass is 19.3. The minimum absolute atomic E-state index is 0.0192. The Morgan fingerprint density at radius 2 is 1.93 bits per heavy atom. The second-order valence-electron chi connectivity index (χ2n) is 7.08. The minimum atomic E-state index is -3.06. The first-order chi connectivity index (χ1) is 13.4. The quantitative estimate of drug-likeness (QED) is 0.769. The zero-order valence-electron chi connectivity index (χ0n) is 15.1. The third-order valence-corrected chi connectivity index (χ3v) is 5.28. The zero-order chi connectivity index (χ0) is 20.3. The zero-order valence-corrected chi connectivity index (χ0v) is 15.1. The third kappa shape index (κ3) is 4.40. The lowest BCUT2D eigenvalue weighted by molar-refractivity contribution is -0.141. The number of halogens is 2. The van der Waals surface area contributed by atoms with E-state index in [9.17, 15) is 23.2 Å². The van der Waals surface area contributed by atoms with E-state index in [1.54, 1.807) is 6.07 Å². The maximum Gasteiger partial charge on any atom is 0.387 e. The molecule has 1 unspecified atom stereocenters. The molecule has 1 heterocycles. The average Bonchev–Trinajstić information content (AvgIpc) is 3.30. The molecule has 1 aliphatic heterocycles. The van der Waals surface area contributed by atoms with Crippen LogP contribution in [0.2, 0.25) is 0 Å². The van der Waals surface area contributed by atoms with E-state index in [4.69, 9.17) is 5.11 Å². The van der Waals surface area contributed by atoms with Crippen LogP contribution in [0.3, 0.4) is 0 Å². The van der Waals surface area contributed by atoms with Crippen molar-refractivity contribution in [1.82, 2.24) is 10.2 Å². The number of alkyl halides is 2. The largest absolute Gasteiger partial charge is 0.481 e. The fourth-order valence-corrected chi connectivity index (χ4v) is 3.91. The smallest absolute Gasteiger partial charge is 0.387 e. The van der Waals surface area contributed by atoms with Gasteiger partial charge in [-0.05, 0) is 44.2 Å². The Bertz CT molecular complexity index is 758. The average molecular weight is 396 g/mol. The van der Waals surface area contributed by atoms with Gasteiger partial charge in [0.15, 0.2) is 0 Å². The van der Waals surface area contributed by atoms with Gasteiger partial charge in [0.2, 0.25) is 5.91 Å². The number of carboxylic acids is 1. The summed E-state index contributed by atoms with van der Waals surface area (Å²) in [6.07, 6.45) is 2.53. The molecule has 0 spiro atoms. The summed E-state index contributed by atoms with van der Waals surface area (Å²) in [6.45, 7) is -2.72. The molecule has 3 atom stereocenters. The summed E-state index contributed by atoms with van der Waals surface area (Å²) >= 11 is 0. The molecular formula is C19H22F2N2O5. The highest BCUT2D eigenvalue weighted by Crippen LogP contribution is 2.28. The Balaban J connectivity index is 1.68. The Labute approximate surface area is 160 Å². The van der Waals surface area contributed by atoms with Gasteiger partial charge in [0.25, 0.3) is 5.91 Å². The summed E-state index contributed by atoms with van der Waals surface area (Å²) in [7, 11) is 0. The first-order valence-corrected chi connectivity index (χ1v) is 9.24. The van der Waals surface area contributed by atoms with Crippen LogP contribution in [0.15, 0.2) is 24.3 Å². The summed E-state index contributed by atoms with van der Waals surface area (Å²) in [5.74, 6) is -2.44. The van der Waals surface area contributed by atoms with Crippen LogP contribution in [0.1, 0.15) is 42.5 Å². The monoisotopic (exact) mass is 396 g/mol. The van der Waals surface area contributed by atoms with Crippen molar-refractivity contribution in [2.75, 3.05) is 6.54 Å². The molecule has 2 fully saturated rings. The number of likely N-dealkylation sites (tertiary alicyclic amines) is 1. The van der Waals surface area contributed by atoms with Gasteiger partial charge in [0.1, 0.15) is 11.8 Å². The molecule has 1 aromatic rings. The molecule has 0 radical (unpaired) electrons. The summed E-state index contributed by atoms with van der Waals surface area (Å²) in [4.78, 5) is 38.0. The van der Waals surface area contributed by atoms with Crippen LogP contribution in [0.4, 0.5) is 8.78 Å². The Morgan fingerprint density at radius 3 is 2.61 bits per heavy atom. The van der Waals surface area contributed by atoms with Crippen molar-refractivity contribution in [3.05, 3.63) is 29.8 Å². The molecule has 2 amide bonds. The third-order valence-electron chi connectivity index (χ3n) is 5.28. The molecule has 2 aliphatic rings. The van der Waals surface area contributed by atoms with Gasteiger partial charge >= 0.3 is 12.6 Å². The summed E-state index contributed by atoms with van der Waals surface area (Å²) < 4.78 is 29.6. The van der Waals surface area contributed by atoms with Crippen molar-refractivity contribution in [3.63, 3.8) is 0 Å². The second-order valence-corrected chi connectivity index (χ2v) is 7.08. The molecule has 9 heteroatoms. The summed E-state index contributed by atoms with van der Waals surface area (Å²) in [5, 5.41) is 11.9. The van der Waals surface area contributed by atoms with E-state index >= 15 is 0 Å². The molecule has 28 heavy (non-hydrogen) atoms. The first kappa shape index (κ1) is 20.0. The number of benzene rings is 1. The van der Waals surface area contributed by atoms with E-state index in [1.165, 1.54) is 23.1 Å². The van der Waals surface area contributed by atoms with Crippen LogP contribution in [0, 0.1) is 5.92 Å². The molecule has 152 valence electrons. The fraction of sp³-hybridized carbons (Fsp3) is 0.526. The van der Waals surface area contributed by atoms with E-state index in [0.29, 0.717) is 38.6 Å². The topological polar surface area (TPSA) is 95.9 Å². The van der Waals surface area contributed by atoms with Gasteiger partial charge in [0, 0.05) is 12.6 Å². The summed E-state index contributed by atoms with van der Waals surface area (Å²) in [5.41, 5.74) is -0.0192. The number of nitrogens with zero attached hydrogens (tertiary/aromatic N) is 1. The van der Waals surface area contributed by atoms with Crippen LogP contribution in [-0.2, 0) is 9.59 Å². The van der Waals surface area contributed by atoms with E-state index in [0.717, 1.165) is 0 Å². The van der Waals surface area contributed by atoms with Crippen molar-refractivity contribution in [3.8, 4) is 5.75 Å². The van der Waals surface area contributed by atoms with E-state index in [2.05, 4.69) is 10.1 Å². The van der Waals surface area contributed by atoms with Gasteiger partial charge in [-0.2, -0.15) is 8.78 Å². The van der Waals surface area contributed by atoms with E-state index < -0.39 is 30.4 Å². The maximum absolute atomic E-state index is 12.9. The predicted octanol–water partition coefficient (Wildman–Crippen LogP) is 2.26. The highest BCUT2D eigenvalue weighted by molar-refractivity contribution is 6.00. The molecule has 1 aromatic carbocycles. The number of nitrogens with one attached hydrogen (secondary N) is 1. The lowest BCUT2D eigenvalue weighted by Gasteiger charge is -2.26. The second kappa shape index (κ2) is 8.53. The SMILES string of the molecule is O=C(N[C@@H]1CC[C@H](C(=O)O)C1)C1CCCN1C(=O)c1ccccc1OC(F)F. The molecule has 7 nitrogen and oxygen atoms in total. The van der Waals surface area contributed by atoms with Crippen LogP contribution < -0.4 is 10.1 Å². The van der Waals surface area contributed by atoms with E-state index in [-0.39, 0.29) is 23.3 Å².